The summed E-state index contributed by atoms with van der Waals surface area (Å²) in [6.45, 7) is 1.31. The van der Waals surface area contributed by atoms with Gasteiger partial charge in [0.1, 0.15) is 11.0 Å². The van der Waals surface area contributed by atoms with Crippen LogP contribution < -0.4 is 0 Å². The first-order valence-electron chi connectivity index (χ1n) is 4.35. The Bertz CT molecular complexity index is 548. The molecule has 1 aromatic carbocycles. The zero-order valence-corrected chi connectivity index (χ0v) is 8.68. The number of carbonyl (C=O) groups is 1. The average Bonchev–Trinajstić information content (AvgIpc) is 2.16. The molecule has 2 rings (SSSR count). The molecule has 0 saturated heterocycles. The van der Waals surface area contributed by atoms with Gasteiger partial charge in [0.15, 0.2) is 5.78 Å². The Labute approximate surface area is 90.7 Å². The van der Waals surface area contributed by atoms with E-state index in [-0.39, 0.29) is 16.5 Å². The van der Waals surface area contributed by atoms with Crippen LogP contribution in [0.5, 0.6) is 0 Å². The summed E-state index contributed by atoms with van der Waals surface area (Å²) in [5, 5.41) is 0.946. The van der Waals surface area contributed by atoms with E-state index in [4.69, 9.17) is 11.6 Å². The number of fused-ring (bicyclic) bond motifs is 1. The zero-order valence-electron chi connectivity index (χ0n) is 7.92. The van der Waals surface area contributed by atoms with Crippen molar-refractivity contribution in [2.45, 2.75) is 6.92 Å². The van der Waals surface area contributed by atoms with E-state index >= 15 is 0 Å². The van der Waals surface area contributed by atoms with Crippen LogP contribution in [0.4, 0.5) is 4.39 Å². The summed E-state index contributed by atoms with van der Waals surface area (Å²) >= 11 is 5.70. The van der Waals surface area contributed by atoms with Gasteiger partial charge in [-0.05, 0) is 31.2 Å². The lowest BCUT2D eigenvalue weighted by atomic mass is 10.1. The Kier molecular flexibility index (Phi) is 2.40. The van der Waals surface area contributed by atoms with Crippen molar-refractivity contribution in [2.75, 3.05) is 0 Å². The molecule has 0 amide bonds. The summed E-state index contributed by atoms with van der Waals surface area (Å²) in [7, 11) is 0. The quantitative estimate of drug-likeness (QED) is 0.549. The molecule has 2 aromatic rings. The number of benzene rings is 1. The normalized spacial score (nSPS) is 10.6. The van der Waals surface area contributed by atoms with E-state index in [1.54, 1.807) is 18.2 Å². The van der Waals surface area contributed by atoms with Gasteiger partial charge in [0.2, 0.25) is 0 Å². The van der Waals surface area contributed by atoms with Crippen LogP contribution in [0.25, 0.3) is 10.9 Å². The maximum atomic E-state index is 13.4. The third-order valence-corrected chi connectivity index (χ3v) is 2.34. The number of halogens is 2. The van der Waals surface area contributed by atoms with Crippen molar-refractivity contribution in [1.29, 1.82) is 0 Å². The standard InChI is InChI=1S/C11H7ClFNO/c1-6(15)10-8(13)4-2-7-3-5-9(12)14-11(7)10/h2-5H,1H3. The monoisotopic (exact) mass is 223 g/mol. The molecule has 0 unspecified atom stereocenters. The molecule has 0 spiro atoms. The number of aromatic nitrogens is 1. The second-order valence-corrected chi connectivity index (χ2v) is 3.57. The lowest BCUT2D eigenvalue weighted by Gasteiger charge is -2.04. The van der Waals surface area contributed by atoms with Crippen molar-refractivity contribution in [3.8, 4) is 0 Å². The van der Waals surface area contributed by atoms with Gasteiger partial charge >= 0.3 is 0 Å². The molecule has 0 saturated carbocycles. The lowest BCUT2D eigenvalue weighted by Crippen LogP contribution is -2.00. The van der Waals surface area contributed by atoms with Gasteiger partial charge in [-0.3, -0.25) is 4.79 Å². The minimum Gasteiger partial charge on any atom is -0.294 e. The van der Waals surface area contributed by atoms with Crippen LogP contribution in [0, 0.1) is 5.82 Å². The molecule has 0 aliphatic rings. The zero-order chi connectivity index (χ0) is 11.0. The summed E-state index contributed by atoms with van der Waals surface area (Å²) in [6, 6.07) is 6.14. The molecule has 1 aromatic heterocycles. The van der Waals surface area contributed by atoms with Crippen LogP contribution in [-0.2, 0) is 0 Å². The van der Waals surface area contributed by atoms with Crippen molar-refractivity contribution in [3.05, 3.63) is 40.8 Å². The fraction of sp³-hybridized carbons (Fsp3) is 0.0909. The van der Waals surface area contributed by atoms with E-state index < -0.39 is 5.82 Å². The van der Waals surface area contributed by atoms with Crippen LogP contribution in [0.2, 0.25) is 5.15 Å². The van der Waals surface area contributed by atoms with Gasteiger partial charge in [-0.25, -0.2) is 9.37 Å². The van der Waals surface area contributed by atoms with Gasteiger partial charge < -0.3 is 0 Å². The molecular formula is C11H7ClFNO. The van der Waals surface area contributed by atoms with Crippen LogP contribution in [0.15, 0.2) is 24.3 Å². The highest BCUT2D eigenvalue weighted by molar-refractivity contribution is 6.30. The second-order valence-electron chi connectivity index (χ2n) is 3.18. The van der Waals surface area contributed by atoms with E-state index in [1.807, 2.05) is 0 Å². The molecule has 0 radical (unpaired) electrons. The fourth-order valence-electron chi connectivity index (χ4n) is 1.48. The lowest BCUT2D eigenvalue weighted by molar-refractivity contribution is 0.101. The number of hydrogen-bond acceptors (Lipinski definition) is 2. The highest BCUT2D eigenvalue weighted by atomic mass is 35.5. The van der Waals surface area contributed by atoms with Gasteiger partial charge in [-0.15, -0.1) is 0 Å². The SMILES string of the molecule is CC(=O)c1c(F)ccc2ccc(Cl)nc12. The summed E-state index contributed by atoms with van der Waals surface area (Å²) < 4.78 is 13.4. The molecule has 0 atom stereocenters. The number of pyridine rings is 1. The number of ketones is 1. The average molecular weight is 224 g/mol. The van der Waals surface area contributed by atoms with Crippen molar-refractivity contribution in [2.24, 2.45) is 0 Å². The molecule has 4 heteroatoms. The largest absolute Gasteiger partial charge is 0.294 e. The van der Waals surface area contributed by atoms with Gasteiger partial charge in [0.05, 0.1) is 11.1 Å². The topological polar surface area (TPSA) is 30.0 Å². The summed E-state index contributed by atoms with van der Waals surface area (Å²) in [4.78, 5) is 15.2. The summed E-state index contributed by atoms with van der Waals surface area (Å²) in [5.74, 6) is -0.919. The Hall–Kier alpha value is -1.48. The first-order valence-corrected chi connectivity index (χ1v) is 4.73. The number of nitrogens with zero attached hydrogens (tertiary/aromatic N) is 1. The molecule has 15 heavy (non-hydrogen) atoms. The molecule has 76 valence electrons. The molecule has 0 aliphatic carbocycles. The van der Waals surface area contributed by atoms with E-state index in [0.29, 0.717) is 10.9 Å². The predicted molar refractivity (Wildman–Crippen MR) is 56.7 cm³/mol. The number of hydrogen-bond donors (Lipinski definition) is 0. The number of rotatable bonds is 1. The van der Waals surface area contributed by atoms with Gasteiger partial charge in [-0.2, -0.15) is 0 Å². The highest BCUT2D eigenvalue weighted by Crippen LogP contribution is 2.22. The first kappa shape index (κ1) is 10.1. The summed E-state index contributed by atoms with van der Waals surface area (Å²) in [6.07, 6.45) is 0. The fourth-order valence-corrected chi connectivity index (χ4v) is 1.62. The van der Waals surface area contributed by atoms with Gasteiger partial charge in [0, 0.05) is 5.39 Å². The van der Waals surface area contributed by atoms with Gasteiger partial charge in [0.25, 0.3) is 0 Å². The van der Waals surface area contributed by atoms with Crippen LogP contribution in [-0.4, -0.2) is 10.8 Å². The highest BCUT2D eigenvalue weighted by Gasteiger charge is 2.13. The Morgan fingerprint density at radius 1 is 1.33 bits per heavy atom. The molecule has 0 N–H and O–H groups in total. The predicted octanol–water partition coefficient (Wildman–Crippen LogP) is 3.23. The van der Waals surface area contributed by atoms with Crippen LogP contribution in [0.1, 0.15) is 17.3 Å². The van der Waals surface area contributed by atoms with E-state index in [2.05, 4.69) is 4.98 Å². The maximum absolute atomic E-state index is 13.4. The van der Waals surface area contributed by atoms with E-state index in [0.717, 1.165) is 0 Å². The van der Waals surface area contributed by atoms with Gasteiger partial charge in [-0.1, -0.05) is 11.6 Å². The Balaban J connectivity index is 2.90. The minimum atomic E-state index is -0.565. The second kappa shape index (κ2) is 3.59. The van der Waals surface area contributed by atoms with Crippen molar-refractivity contribution >= 4 is 28.3 Å². The Morgan fingerprint density at radius 2 is 2.00 bits per heavy atom. The van der Waals surface area contributed by atoms with E-state index in [9.17, 15) is 9.18 Å². The molecule has 0 aliphatic heterocycles. The minimum absolute atomic E-state index is 0.00463. The maximum Gasteiger partial charge on any atom is 0.164 e. The smallest absolute Gasteiger partial charge is 0.164 e. The molecule has 0 fully saturated rings. The van der Waals surface area contributed by atoms with E-state index in [1.165, 1.54) is 13.0 Å². The molecular weight excluding hydrogens is 217 g/mol. The molecule has 2 nitrogen and oxygen atoms in total. The van der Waals surface area contributed by atoms with Crippen molar-refractivity contribution in [3.63, 3.8) is 0 Å². The third-order valence-electron chi connectivity index (χ3n) is 2.13. The number of Topliss-reactive ketones (excluding diaryl/α,β-unsaturated/α-hetero) is 1. The van der Waals surface area contributed by atoms with Crippen LogP contribution in [0.3, 0.4) is 0 Å². The molecule has 1 heterocycles. The number of carbonyl (C=O) groups excluding carboxylic acids is 1. The van der Waals surface area contributed by atoms with Crippen molar-refractivity contribution < 1.29 is 9.18 Å². The van der Waals surface area contributed by atoms with Crippen molar-refractivity contribution in [1.82, 2.24) is 4.98 Å². The third kappa shape index (κ3) is 1.70. The Morgan fingerprint density at radius 3 is 2.67 bits per heavy atom. The first-order chi connectivity index (χ1) is 7.09. The summed E-state index contributed by atoms with van der Waals surface area (Å²) in [5.41, 5.74) is 0.310. The van der Waals surface area contributed by atoms with Crippen LogP contribution >= 0.6 is 11.6 Å². The molecule has 0 bridgehead atoms.